The molecule has 1 aliphatic rings. The summed E-state index contributed by atoms with van der Waals surface area (Å²) in [5.74, 6) is 0.433. The zero-order chi connectivity index (χ0) is 19.3. The largest absolute Gasteiger partial charge is 0.422 e. The normalized spacial score (nSPS) is 15.9. The molecular weight excluding hydrogens is 368 g/mol. The van der Waals surface area contributed by atoms with Crippen LogP contribution in [-0.2, 0) is 0 Å². The van der Waals surface area contributed by atoms with Gasteiger partial charge in [-0.3, -0.25) is 0 Å². The number of nitrogens with two attached hydrogens (primary N) is 1. The third-order valence-corrected chi connectivity index (χ3v) is 5.79. The quantitative estimate of drug-likeness (QED) is 0.547. The fraction of sp³-hybridized carbons (Fsp3) is 0.0909. The molecule has 1 aliphatic heterocycles. The van der Waals surface area contributed by atoms with Crippen molar-refractivity contribution in [1.82, 2.24) is 9.78 Å². The Hall–Kier alpha value is -3.56. The lowest BCUT2D eigenvalue weighted by Crippen LogP contribution is -2.21. The lowest BCUT2D eigenvalue weighted by molar-refractivity contribution is 0.367. The highest BCUT2D eigenvalue weighted by Crippen LogP contribution is 2.45. The molecule has 0 unspecified atom stereocenters. The molecule has 3 heterocycles. The summed E-state index contributed by atoms with van der Waals surface area (Å²) in [5, 5.41) is 20.7. The van der Waals surface area contributed by atoms with Gasteiger partial charge in [-0.1, -0.05) is 30.3 Å². The first-order chi connectivity index (χ1) is 13.7. The van der Waals surface area contributed by atoms with Crippen molar-refractivity contribution in [3.63, 3.8) is 0 Å². The Morgan fingerprint density at radius 1 is 1.18 bits per heavy atom. The van der Waals surface area contributed by atoms with Gasteiger partial charge in [-0.2, -0.15) is 21.7 Å². The van der Waals surface area contributed by atoms with Gasteiger partial charge in [-0.05, 0) is 52.2 Å². The highest BCUT2D eigenvalue weighted by Gasteiger charge is 2.36. The molecule has 0 bridgehead atoms. The predicted octanol–water partition coefficient (Wildman–Crippen LogP) is 4.61. The maximum Gasteiger partial charge on any atom is 0.229 e. The molecule has 0 spiro atoms. The van der Waals surface area contributed by atoms with Gasteiger partial charge in [-0.25, -0.2) is 4.68 Å². The van der Waals surface area contributed by atoms with Crippen molar-refractivity contribution in [2.75, 3.05) is 0 Å². The smallest absolute Gasteiger partial charge is 0.229 e. The van der Waals surface area contributed by atoms with E-state index in [0.29, 0.717) is 11.5 Å². The Balaban J connectivity index is 1.73. The lowest BCUT2D eigenvalue weighted by Gasteiger charge is -2.24. The van der Waals surface area contributed by atoms with Crippen molar-refractivity contribution in [2.24, 2.45) is 5.73 Å². The van der Waals surface area contributed by atoms with Crippen molar-refractivity contribution in [2.45, 2.75) is 12.8 Å². The van der Waals surface area contributed by atoms with E-state index in [9.17, 15) is 5.26 Å². The molecule has 5 rings (SSSR count). The Bertz CT molecular complexity index is 1280. The molecule has 4 aromatic rings. The molecule has 136 valence electrons. The number of rotatable bonds is 2. The molecule has 0 amide bonds. The van der Waals surface area contributed by atoms with E-state index in [2.05, 4.69) is 30.3 Å². The monoisotopic (exact) mass is 384 g/mol. The number of nitriles is 1. The second kappa shape index (κ2) is 6.25. The highest BCUT2D eigenvalue weighted by atomic mass is 32.1. The van der Waals surface area contributed by atoms with Crippen LogP contribution in [0.3, 0.4) is 0 Å². The molecule has 0 fully saturated rings. The summed E-state index contributed by atoms with van der Waals surface area (Å²) in [5.41, 5.74) is 10.2. The van der Waals surface area contributed by atoms with Gasteiger partial charge in [0, 0.05) is 0 Å². The fourth-order valence-corrected chi connectivity index (χ4v) is 4.46. The standard InChI is InChI=1S/C22H16N4OS/c1-13-19-20(16-8-9-28-12-16)18(11-23)21(24)27-22(19)26(25-13)17-7-6-14-4-2-3-5-15(14)10-17/h2-10,12,20H,24H2,1H3/t20-/m1/s1. The molecule has 0 saturated heterocycles. The number of nitrogens with zero attached hydrogens (tertiary/aromatic N) is 3. The Morgan fingerprint density at radius 3 is 2.75 bits per heavy atom. The van der Waals surface area contributed by atoms with Crippen molar-refractivity contribution >= 4 is 22.1 Å². The second-order valence-corrected chi connectivity index (χ2v) is 7.51. The van der Waals surface area contributed by atoms with Gasteiger partial charge in [0.25, 0.3) is 0 Å². The highest BCUT2D eigenvalue weighted by molar-refractivity contribution is 7.08. The fourth-order valence-electron chi connectivity index (χ4n) is 3.77. The topological polar surface area (TPSA) is 76.9 Å². The summed E-state index contributed by atoms with van der Waals surface area (Å²) in [6.07, 6.45) is 0. The lowest BCUT2D eigenvalue weighted by atomic mass is 9.85. The SMILES string of the molecule is Cc1nn(-c2ccc3ccccc3c2)c2c1[C@H](c1ccsc1)C(C#N)=C(N)O2. The zero-order valence-electron chi connectivity index (χ0n) is 15.1. The number of thiophene rings is 1. The van der Waals surface area contributed by atoms with Crippen LogP contribution in [0.15, 0.2) is 70.7 Å². The summed E-state index contributed by atoms with van der Waals surface area (Å²) in [6, 6.07) is 18.6. The molecule has 2 aromatic carbocycles. The van der Waals surface area contributed by atoms with Crippen molar-refractivity contribution < 1.29 is 4.74 Å². The van der Waals surface area contributed by atoms with E-state index in [0.717, 1.165) is 33.3 Å². The van der Waals surface area contributed by atoms with Crippen LogP contribution in [0.25, 0.3) is 16.5 Å². The van der Waals surface area contributed by atoms with E-state index in [1.807, 2.05) is 41.9 Å². The number of benzene rings is 2. The van der Waals surface area contributed by atoms with Gasteiger partial charge in [0.2, 0.25) is 11.8 Å². The Morgan fingerprint density at radius 2 is 2.00 bits per heavy atom. The molecule has 0 saturated carbocycles. The molecular formula is C22H16N4OS. The van der Waals surface area contributed by atoms with Gasteiger partial charge in [-0.15, -0.1) is 0 Å². The van der Waals surface area contributed by atoms with E-state index in [1.54, 1.807) is 16.0 Å². The first-order valence-corrected chi connectivity index (χ1v) is 9.80. The molecule has 28 heavy (non-hydrogen) atoms. The van der Waals surface area contributed by atoms with Gasteiger partial charge in [0.05, 0.1) is 22.9 Å². The number of hydrogen-bond acceptors (Lipinski definition) is 5. The van der Waals surface area contributed by atoms with Gasteiger partial charge in [0.15, 0.2) is 0 Å². The predicted molar refractivity (Wildman–Crippen MR) is 109 cm³/mol. The van der Waals surface area contributed by atoms with Crippen LogP contribution in [0.5, 0.6) is 5.88 Å². The van der Waals surface area contributed by atoms with Crippen LogP contribution in [-0.4, -0.2) is 9.78 Å². The Labute approximate surface area is 165 Å². The minimum atomic E-state index is -0.269. The number of hydrogen-bond donors (Lipinski definition) is 1. The maximum absolute atomic E-state index is 9.70. The van der Waals surface area contributed by atoms with E-state index in [4.69, 9.17) is 15.6 Å². The molecule has 2 N–H and O–H groups in total. The minimum absolute atomic E-state index is 0.133. The summed E-state index contributed by atoms with van der Waals surface area (Å²) in [4.78, 5) is 0. The van der Waals surface area contributed by atoms with Crippen molar-refractivity contribution in [3.05, 3.63) is 87.6 Å². The summed E-state index contributed by atoms with van der Waals surface area (Å²) >= 11 is 1.59. The minimum Gasteiger partial charge on any atom is -0.422 e. The number of ether oxygens (including phenoxy) is 1. The van der Waals surface area contributed by atoms with E-state index in [1.165, 1.54) is 0 Å². The van der Waals surface area contributed by atoms with Crippen molar-refractivity contribution in [1.29, 1.82) is 5.26 Å². The molecule has 0 radical (unpaired) electrons. The van der Waals surface area contributed by atoms with Crippen LogP contribution >= 0.6 is 11.3 Å². The van der Waals surface area contributed by atoms with Crippen LogP contribution in [0.1, 0.15) is 22.7 Å². The summed E-state index contributed by atoms with van der Waals surface area (Å²) in [6.45, 7) is 1.94. The van der Waals surface area contributed by atoms with Crippen LogP contribution in [0.2, 0.25) is 0 Å². The number of aromatic nitrogens is 2. The van der Waals surface area contributed by atoms with E-state index >= 15 is 0 Å². The summed E-state index contributed by atoms with van der Waals surface area (Å²) in [7, 11) is 0. The molecule has 2 aromatic heterocycles. The van der Waals surface area contributed by atoms with Gasteiger partial charge >= 0.3 is 0 Å². The third-order valence-electron chi connectivity index (χ3n) is 5.09. The van der Waals surface area contributed by atoms with Gasteiger partial charge < -0.3 is 10.5 Å². The molecule has 6 heteroatoms. The number of allylic oxidation sites excluding steroid dienone is 1. The van der Waals surface area contributed by atoms with E-state index < -0.39 is 0 Å². The Kier molecular flexibility index (Phi) is 3.71. The maximum atomic E-state index is 9.70. The van der Waals surface area contributed by atoms with Crippen LogP contribution in [0.4, 0.5) is 0 Å². The van der Waals surface area contributed by atoms with Crippen molar-refractivity contribution in [3.8, 4) is 17.6 Å². The number of aryl methyl sites for hydroxylation is 1. The first kappa shape index (κ1) is 16.6. The van der Waals surface area contributed by atoms with Crippen LogP contribution in [0, 0.1) is 18.3 Å². The van der Waals surface area contributed by atoms with Gasteiger partial charge in [0.1, 0.15) is 11.6 Å². The average molecular weight is 384 g/mol. The number of fused-ring (bicyclic) bond motifs is 2. The third kappa shape index (κ3) is 2.41. The molecule has 1 atom stereocenters. The summed E-state index contributed by atoms with van der Waals surface area (Å²) < 4.78 is 7.70. The zero-order valence-corrected chi connectivity index (χ0v) is 15.9. The van der Waals surface area contributed by atoms with E-state index in [-0.39, 0.29) is 11.8 Å². The first-order valence-electron chi connectivity index (χ1n) is 8.85. The molecule has 0 aliphatic carbocycles. The second-order valence-electron chi connectivity index (χ2n) is 6.73. The average Bonchev–Trinajstić information content (AvgIpc) is 3.35. The van der Waals surface area contributed by atoms with Crippen LogP contribution < -0.4 is 10.5 Å². The molecule has 5 nitrogen and oxygen atoms in total.